The molecule has 0 saturated carbocycles. The second-order valence-corrected chi connectivity index (χ2v) is 11.4. The van der Waals surface area contributed by atoms with Crippen LogP contribution in [0.2, 0.25) is 0 Å². The first-order chi connectivity index (χ1) is 20.7. The molecule has 0 saturated heterocycles. The van der Waals surface area contributed by atoms with Gasteiger partial charge in [-0.1, -0.05) is 146 Å². The number of unbranched alkanes of at least 4 members (excludes halogenated alkanes) is 16. The highest BCUT2D eigenvalue weighted by atomic mass is 14.8. The zero-order valence-electron chi connectivity index (χ0n) is 27.0. The van der Waals surface area contributed by atoms with Gasteiger partial charge in [-0.15, -0.1) is 0 Å². The lowest BCUT2D eigenvalue weighted by Crippen LogP contribution is -1.96. The molecule has 2 aromatic carbocycles. The van der Waals surface area contributed by atoms with Crippen LogP contribution in [-0.2, 0) is 0 Å². The van der Waals surface area contributed by atoms with E-state index < -0.39 is 0 Å². The first-order valence-corrected chi connectivity index (χ1v) is 17.0. The monoisotopic (exact) mass is 564 g/mol. The van der Waals surface area contributed by atoms with Crippen molar-refractivity contribution >= 4 is 23.3 Å². The predicted molar refractivity (Wildman–Crippen MR) is 187 cm³/mol. The molecule has 0 radical (unpaired) electrons. The van der Waals surface area contributed by atoms with Crippen molar-refractivity contribution in [3.8, 4) is 23.7 Å². The van der Waals surface area contributed by atoms with Gasteiger partial charge in [0.15, 0.2) is 0 Å². The van der Waals surface area contributed by atoms with Crippen LogP contribution < -0.4 is 0 Å². The Balaban J connectivity index is 1.80. The summed E-state index contributed by atoms with van der Waals surface area (Å²) in [5.41, 5.74) is 4.84. The fourth-order valence-corrected chi connectivity index (χ4v) is 4.85. The molecule has 0 heterocycles. The van der Waals surface area contributed by atoms with E-state index in [4.69, 9.17) is 9.98 Å². The summed E-state index contributed by atoms with van der Waals surface area (Å²) in [6, 6.07) is 16.4. The quantitative estimate of drug-likeness (QED) is 0.0868. The van der Waals surface area contributed by atoms with Gasteiger partial charge in [-0.3, -0.25) is 9.98 Å². The first kappa shape index (κ1) is 35.1. The van der Waals surface area contributed by atoms with Gasteiger partial charge in [-0.2, -0.15) is 0 Å². The van der Waals surface area contributed by atoms with Crippen LogP contribution in [0, 0.1) is 23.7 Å². The fraction of sp³-hybridized carbons (Fsp3) is 0.550. The molecule has 0 atom stereocenters. The molecule has 0 aliphatic rings. The molecule has 0 aliphatic heterocycles. The van der Waals surface area contributed by atoms with E-state index >= 15 is 0 Å². The number of rotatable bonds is 20. The van der Waals surface area contributed by atoms with Crippen molar-refractivity contribution in [1.29, 1.82) is 0 Å². The van der Waals surface area contributed by atoms with E-state index in [1.54, 1.807) is 0 Å². The minimum Gasteiger partial charge on any atom is -0.255 e. The molecule has 0 aliphatic carbocycles. The maximum atomic E-state index is 4.85. The van der Waals surface area contributed by atoms with Crippen molar-refractivity contribution in [3.63, 3.8) is 0 Å². The molecule has 0 amide bonds. The van der Waals surface area contributed by atoms with E-state index in [0.717, 1.165) is 47.5 Å². The van der Waals surface area contributed by atoms with Crippen LogP contribution in [0.4, 0.5) is 11.4 Å². The van der Waals surface area contributed by atoms with Crippen LogP contribution in [0.5, 0.6) is 0 Å². The van der Waals surface area contributed by atoms with Crippen molar-refractivity contribution in [2.75, 3.05) is 0 Å². The van der Waals surface area contributed by atoms with Crippen molar-refractivity contribution in [2.45, 2.75) is 143 Å². The minimum atomic E-state index is 0.815. The van der Waals surface area contributed by atoms with E-state index in [0.29, 0.717) is 0 Å². The molecule has 0 spiro atoms. The number of hydrogen-bond donors (Lipinski definition) is 0. The summed E-state index contributed by atoms with van der Waals surface area (Å²) in [5.74, 6) is 13.4. The Hall–Kier alpha value is -3.10. The third-order valence-electron chi connectivity index (χ3n) is 7.47. The molecule has 2 nitrogen and oxygen atoms in total. The molecule has 2 rings (SSSR count). The highest BCUT2D eigenvalue weighted by molar-refractivity contribution is 6.31. The van der Waals surface area contributed by atoms with E-state index in [2.05, 4.69) is 68.7 Å². The Labute approximate surface area is 258 Å². The molecule has 0 unspecified atom stereocenters. The van der Waals surface area contributed by atoms with Gasteiger partial charge in [0, 0.05) is 30.2 Å². The number of benzene rings is 2. The van der Waals surface area contributed by atoms with Gasteiger partial charge in [-0.25, -0.2) is 0 Å². The van der Waals surface area contributed by atoms with Gasteiger partial charge in [0.25, 0.3) is 0 Å². The van der Waals surface area contributed by atoms with E-state index in [-0.39, 0.29) is 0 Å². The van der Waals surface area contributed by atoms with Crippen LogP contribution in [0.3, 0.4) is 0 Å². The van der Waals surface area contributed by atoms with Gasteiger partial charge >= 0.3 is 0 Å². The van der Waals surface area contributed by atoms with Gasteiger partial charge in [0.1, 0.15) is 0 Å². The van der Waals surface area contributed by atoms with Gasteiger partial charge in [0.05, 0.1) is 17.1 Å². The first-order valence-electron chi connectivity index (χ1n) is 17.0. The van der Waals surface area contributed by atoms with Gasteiger partial charge in [-0.05, 0) is 55.7 Å². The average Bonchev–Trinajstić information content (AvgIpc) is 3.01. The summed E-state index contributed by atoms with van der Waals surface area (Å²) in [4.78, 5) is 9.56. The number of nitrogens with zero attached hydrogens (tertiary/aromatic N) is 2. The lowest BCUT2D eigenvalue weighted by molar-refractivity contribution is 0.579. The molecule has 226 valence electrons. The van der Waals surface area contributed by atoms with E-state index in [1.807, 2.05) is 30.5 Å². The Kier molecular flexibility index (Phi) is 20.5. The maximum Gasteiger partial charge on any atom is 0.0646 e. The second-order valence-electron chi connectivity index (χ2n) is 11.4. The van der Waals surface area contributed by atoms with Crippen LogP contribution in [0.15, 0.2) is 58.5 Å². The summed E-state index contributed by atoms with van der Waals surface area (Å²) in [7, 11) is 0. The normalized spacial score (nSPS) is 11.3. The van der Waals surface area contributed by atoms with Crippen molar-refractivity contribution in [2.24, 2.45) is 9.98 Å². The molecule has 2 aromatic rings. The minimum absolute atomic E-state index is 0.815. The largest absolute Gasteiger partial charge is 0.255 e. The van der Waals surface area contributed by atoms with E-state index in [9.17, 15) is 0 Å². The molecular formula is C40H56N2. The summed E-state index contributed by atoms with van der Waals surface area (Å²) in [5, 5.41) is 0. The third kappa shape index (κ3) is 17.7. The highest BCUT2D eigenvalue weighted by Gasteiger charge is 1.98. The number of aliphatic imine (C=N–C) groups is 2. The topological polar surface area (TPSA) is 24.7 Å². The zero-order chi connectivity index (χ0) is 29.9. The van der Waals surface area contributed by atoms with Crippen molar-refractivity contribution in [3.05, 3.63) is 59.7 Å². The Morgan fingerprint density at radius 2 is 1.02 bits per heavy atom. The van der Waals surface area contributed by atoms with E-state index in [1.165, 1.54) is 103 Å². The molecule has 2 heteroatoms. The summed E-state index contributed by atoms with van der Waals surface area (Å²) >= 11 is 0. The summed E-state index contributed by atoms with van der Waals surface area (Å²) < 4.78 is 0. The van der Waals surface area contributed by atoms with Crippen LogP contribution >= 0.6 is 0 Å². The second kappa shape index (κ2) is 24.5. The molecule has 42 heavy (non-hydrogen) atoms. The van der Waals surface area contributed by atoms with Crippen molar-refractivity contribution in [1.82, 2.24) is 0 Å². The Morgan fingerprint density at radius 1 is 0.571 bits per heavy atom. The highest BCUT2D eigenvalue weighted by Crippen LogP contribution is 2.17. The fourth-order valence-electron chi connectivity index (χ4n) is 4.85. The van der Waals surface area contributed by atoms with Crippen molar-refractivity contribution < 1.29 is 0 Å². The Bertz CT molecular complexity index is 1170. The molecule has 0 bridgehead atoms. The molecule has 0 fully saturated rings. The van der Waals surface area contributed by atoms with Crippen LogP contribution in [-0.4, -0.2) is 11.9 Å². The van der Waals surface area contributed by atoms with Gasteiger partial charge in [0.2, 0.25) is 0 Å². The predicted octanol–water partition coefficient (Wildman–Crippen LogP) is 12.3. The maximum absolute atomic E-state index is 4.85. The summed E-state index contributed by atoms with van der Waals surface area (Å²) in [6.07, 6.45) is 26.0. The SMILES string of the molecule is CCCCCCCCCCC#Cc1cccc(N=CC(CC)=Nc2cccc(C#CCCCCCCCCCC)c2)c1. The number of hydrogen-bond acceptors (Lipinski definition) is 2. The standard InChI is InChI=1S/C40H56N2/c1-4-7-9-11-13-15-17-19-21-23-27-36-29-25-31-39(33-36)41-35-38(6-3)42-40-32-26-30-37(34-40)28-24-22-20-18-16-14-12-10-8-5-2/h25-26,29-35H,4-22H2,1-3H3. The molecule has 0 N–H and O–H groups in total. The lowest BCUT2D eigenvalue weighted by Gasteiger charge is -2.00. The van der Waals surface area contributed by atoms with Crippen LogP contribution in [0.1, 0.15) is 154 Å². The molecule has 0 aromatic heterocycles. The zero-order valence-corrected chi connectivity index (χ0v) is 27.0. The van der Waals surface area contributed by atoms with Gasteiger partial charge < -0.3 is 0 Å². The average molecular weight is 565 g/mol. The van der Waals surface area contributed by atoms with Crippen LogP contribution in [0.25, 0.3) is 0 Å². The Morgan fingerprint density at radius 3 is 1.52 bits per heavy atom. The molecular weight excluding hydrogens is 508 g/mol. The lowest BCUT2D eigenvalue weighted by atomic mass is 10.1. The summed E-state index contributed by atoms with van der Waals surface area (Å²) in [6.45, 7) is 6.66. The smallest absolute Gasteiger partial charge is 0.0646 e. The third-order valence-corrected chi connectivity index (χ3v) is 7.47.